The monoisotopic (exact) mass is 426 g/mol. The van der Waals surface area contributed by atoms with Crippen LogP contribution in [0.25, 0.3) is 0 Å². The molecule has 0 saturated heterocycles. The Labute approximate surface area is 178 Å². The Morgan fingerprint density at radius 2 is 1.79 bits per heavy atom. The van der Waals surface area contributed by atoms with E-state index in [0.29, 0.717) is 21.8 Å². The summed E-state index contributed by atoms with van der Waals surface area (Å²) in [6.07, 6.45) is 1.98. The number of esters is 1. The van der Waals surface area contributed by atoms with Gasteiger partial charge in [-0.3, -0.25) is 9.56 Å². The Morgan fingerprint density at radius 1 is 1.17 bits per heavy atom. The number of hydrogen-bond acceptors (Lipinski definition) is 6. The molecule has 5 nitrogen and oxygen atoms in total. The number of thiazole rings is 1. The van der Waals surface area contributed by atoms with E-state index in [1.165, 1.54) is 15.9 Å². The normalized spacial score (nSPS) is 12.2. The van der Waals surface area contributed by atoms with E-state index in [1.54, 1.807) is 13.1 Å². The Morgan fingerprint density at radius 3 is 2.41 bits per heavy atom. The van der Waals surface area contributed by atoms with Crippen molar-refractivity contribution >= 4 is 35.7 Å². The van der Waals surface area contributed by atoms with Crippen LogP contribution in [-0.2, 0) is 22.5 Å². The van der Waals surface area contributed by atoms with Crippen molar-refractivity contribution in [3.63, 3.8) is 0 Å². The minimum Gasteiger partial charge on any atom is -0.493 e. The first kappa shape index (κ1) is 21.0. The molecule has 1 heterocycles. The minimum absolute atomic E-state index is 0.0641. The zero-order chi connectivity index (χ0) is 20.6. The first-order valence-corrected chi connectivity index (χ1v) is 10.5. The van der Waals surface area contributed by atoms with E-state index in [2.05, 4.69) is 4.99 Å². The van der Waals surface area contributed by atoms with Crippen LogP contribution in [-0.4, -0.2) is 28.5 Å². The molecule has 0 aliphatic heterocycles. The van der Waals surface area contributed by atoms with Gasteiger partial charge in [-0.05, 0) is 30.3 Å². The summed E-state index contributed by atoms with van der Waals surface area (Å²) in [4.78, 5) is 17.6. The van der Waals surface area contributed by atoms with E-state index in [0.717, 1.165) is 11.1 Å². The summed E-state index contributed by atoms with van der Waals surface area (Å²) in [5.41, 5.74) is 2.03. The largest absolute Gasteiger partial charge is 0.493 e. The van der Waals surface area contributed by atoms with Crippen LogP contribution in [0.3, 0.4) is 0 Å². The predicted molar refractivity (Wildman–Crippen MR) is 118 cm³/mol. The standard InChI is InChI=1S/C22H22N2O3S2/c1-2-27-21(26)18(13-16-9-5-3-6-10-16)24-20(25)19(29-22(24)28)15-23-14-17-11-7-4-8-12-17/h3-12,15,18,25H,2,13-14H2,1H3/t18-/m0/s1. The fourth-order valence-electron chi connectivity index (χ4n) is 2.93. The van der Waals surface area contributed by atoms with Crippen LogP contribution in [0.15, 0.2) is 65.7 Å². The van der Waals surface area contributed by atoms with Gasteiger partial charge in [0.05, 0.1) is 13.2 Å². The molecule has 29 heavy (non-hydrogen) atoms. The van der Waals surface area contributed by atoms with E-state index in [-0.39, 0.29) is 12.5 Å². The number of aromatic nitrogens is 1. The second-order valence-corrected chi connectivity index (χ2v) is 8.01. The molecular weight excluding hydrogens is 404 g/mol. The third kappa shape index (κ3) is 5.40. The number of carbonyl (C=O) groups excluding carboxylic acids is 1. The Hall–Kier alpha value is -2.77. The predicted octanol–water partition coefficient (Wildman–Crippen LogP) is 4.95. The molecule has 150 valence electrons. The van der Waals surface area contributed by atoms with Crippen molar-refractivity contribution < 1.29 is 14.6 Å². The number of aromatic hydroxyl groups is 1. The Balaban J connectivity index is 1.88. The second-order valence-electron chi connectivity index (χ2n) is 6.34. The number of nitrogens with zero attached hydrogens (tertiary/aromatic N) is 2. The molecule has 0 spiro atoms. The van der Waals surface area contributed by atoms with Crippen molar-refractivity contribution in [2.24, 2.45) is 4.99 Å². The van der Waals surface area contributed by atoms with Crippen molar-refractivity contribution in [3.8, 4) is 5.88 Å². The van der Waals surface area contributed by atoms with Crippen LogP contribution >= 0.6 is 23.6 Å². The molecule has 3 aromatic rings. The van der Waals surface area contributed by atoms with Crippen LogP contribution < -0.4 is 0 Å². The van der Waals surface area contributed by atoms with Gasteiger partial charge in [-0.1, -0.05) is 72.0 Å². The summed E-state index contributed by atoms with van der Waals surface area (Å²) in [5.74, 6) is -0.487. The highest BCUT2D eigenvalue weighted by atomic mass is 32.1. The number of carbonyl (C=O) groups is 1. The molecule has 0 fully saturated rings. The summed E-state index contributed by atoms with van der Waals surface area (Å²) in [6, 6.07) is 18.7. The van der Waals surface area contributed by atoms with Gasteiger partial charge in [0.2, 0.25) is 5.88 Å². The van der Waals surface area contributed by atoms with E-state index in [1.807, 2.05) is 60.7 Å². The fourth-order valence-corrected chi connectivity index (χ4v) is 4.23. The molecule has 0 bridgehead atoms. The average Bonchev–Trinajstić information content (AvgIpc) is 3.01. The van der Waals surface area contributed by atoms with Crippen LogP contribution in [0, 0.1) is 3.95 Å². The highest BCUT2D eigenvalue weighted by Gasteiger charge is 2.27. The highest BCUT2D eigenvalue weighted by molar-refractivity contribution is 7.73. The van der Waals surface area contributed by atoms with Gasteiger partial charge in [0.25, 0.3) is 0 Å². The summed E-state index contributed by atoms with van der Waals surface area (Å²) in [6.45, 7) is 2.51. The molecule has 0 saturated carbocycles. The van der Waals surface area contributed by atoms with E-state index in [4.69, 9.17) is 17.0 Å². The third-order valence-corrected chi connectivity index (χ3v) is 5.64. The maximum absolute atomic E-state index is 12.6. The van der Waals surface area contributed by atoms with Gasteiger partial charge in [-0.15, -0.1) is 0 Å². The van der Waals surface area contributed by atoms with Gasteiger partial charge >= 0.3 is 5.97 Å². The fraction of sp³-hybridized carbons (Fsp3) is 0.227. The highest BCUT2D eigenvalue weighted by Crippen LogP contribution is 2.31. The quantitative estimate of drug-likeness (QED) is 0.314. The molecule has 1 N–H and O–H groups in total. The second kappa shape index (κ2) is 10.1. The van der Waals surface area contributed by atoms with Gasteiger partial charge in [0.15, 0.2) is 3.95 Å². The first-order valence-electron chi connectivity index (χ1n) is 9.28. The molecule has 0 aliphatic carbocycles. The first-order chi connectivity index (χ1) is 14.1. The van der Waals surface area contributed by atoms with Crippen molar-refractivity contribution in [2.45, 2.75) is 25.9 Å². The maximum atomic E-state index is 12.6. The summed E-state index contributed by atoms with van der Waals surface area (Å²) in [7, 11) is 0. The van der Waals surface area contributed by atoms with Crippen LogP contribution in [0.5, 0.6) is 5.88 Å². The van der Waals surface area contributed by atoms with Gasteiger partial charge in [-0.25, -0.2) is 4.79 Å². The lowest BCUT2D eigenvalue weighted by molar-refractivity contribution is -0.147. The molecular formula is C22H22N2O3S2. The van der Waals surface area contributed by atoms with Gasteiger partial charge in [0, 0.05) is 12.6 Å². The molecule has 7 heteroatoms. The van der Waals surface area contributed by atoms with Crippen molar-refractivity contribution in [3.05, 3.63) is 80.6 Å². The number of ether oxygens (including phenoxy) is 1. The minimum atomic E-state index is -0.739. The molecule has 0 radical (unpaired) electrons. The van der Waals surface area contributed by atoms with Gasteiger partial charge < -0.3 is 9.84 Å². The lowest BCUT2D eigenvalue weighted by Gasteiger charge is -2.18. The zero-order valence-electron chi connectivity index (χ0n) is 16.0. The molecule has 2 aromatic carbocycles. The van der Waals surface area contributed by atoms with Crippen molar-refractivity contribution in [1.82, 2.24) is 4.57 Å². The van der Waals surface area contributed by atoms with Gasteiger partial charge in [-0.2, -0.15) is 0 Å². The number of aliphatic imine (C=N–C) groups is 1. The molecule has 1 aromatic heterocycles. The van der Waals surface area contributed by atoms with Crippen LogP contribution in [0.4, 0.5) is 0 Å². The lowest BCUT2D eigenvalue weighted by atomic mass is 10.1. The maximum Gasteiger partial charge on any atom is 0.329 e. The van der Waals surface area contributed by atoms with Gasteiger partial charge in [0.1, 0.15) is 10.9 Å². The molecule has 0 aliphatic rings. The van der Waals surface area contributed by atoms with E-state index >= 15 is 0 Å². The molecule has 1 atom stereocenters. The zero-order valence-corrected chi connectivity index (χ0v) is 17.7. The lowest BCUT2D eigenvalue weighted by Crippen LogP contribution is -2.24. The third-order valence-electron chi connectivity index (χ3n) is 4.31. The van der Waals surface area contributed by atoms with E-state index in [9.17, 15) is 9.90 Å². The van der Waals surface area contributed by atoms with Crippen molar-refractivity contribution in [1.29, 1.82) is 0 Å². The summed E-state index contributed by atoms with van der Waals surface area (Å²) >= 11 is 6.67. The summed E-state index contributed by atoms with van der Waals surface area (Å²) in [5, 5.41) is 10.8. The molecule has 0 unspecified atom stereocenters. The SMILES string of the molecule is CCOC(=O)[C@H](Cc1ccccc1)n1c(O)c(C=NCc2ccccc2)sc1=S. The molecule has 0 amide bonds. The average molecular weight is 427 g/mol. The number of benzene rings is 2. The Bertz CT molecular complexity index is 1030. The van der Waals surface area contributed by atoms with Crippen LogP contribution in [0.1, 0.15) is 29.0 Å². The Kier molecular flexibility index (Phi) is 7.32. The van der Waals surface area contributed by atoms with E-state index < -0.39 is 12.0 Å². The smallest absolute Gasteiger partial charge is 0.329 e. The van der Waals surface area contributed by atoms with Crippen LogP contribution in [0.2, 0.25) is 0 Å². The van der Waals surface area contributed by atoms with Crippen molar-refractivity contribution in [2.75, 3.05) is 6.61 Å². The number of hydrogen-bond donors (Lipinski definition) is 1. The summed E-state index contributed by atoms with van der Waals surface area (Å²) < 4.78 is 7.11. The number of rotatable bonds is 8. The molecule has 3 rings (SSSR count). The topological polar surface area (TPSA) is 63.8 Å².